The standard InChI is InChI=1S/C17H21BrN2O4/c1-11-8-13(18)5-6-14(11)16(22)19(2)10-15(21)20-7-3-4-12(9-20)17(23)24/h5-6,8,12H,3-4,7,9-10H2,1-2H3,(H,23,24). The highest BCUT2D eigenvalue weighted by Gasteiger charge is 2.29. The number of carboxylic acid groups (broad SMARTS) is 1. The quantitative estimate of drug-likeness (QED) is 0.845. The molecule has 1 fully saturated rings. The number of likely N-dealkylation sites (tertiary alicyclic amines) is 1. The van der Waals surface area contributed by atoms with Crippen LogP contribution >= 0.6 is 15.9 Å². The zero-order valence-corrected chi connectivity index (χ0v) is 15.4. The molecule has 0 bridgehead atoms. The monoisotopic (exact) mass is 396 g/mol. The number of nitrogens with zero attached hydrogens (tertiary/aromatic N) is 2. The van der Waals surface area contributed by atoms with E-state index in [2.05, 4.69) is 15.9 Å². The van der Waals surface area contributed by atoms with Crippen molar-refractivity contribution < 1.29 is 19.5 Å². The number of benzene rings is 1. The average Bonchev–Trinajstić information content (AvgIpc) is 2.54. The smallest absolute Gasteiger partial charge is 0.308 e. The molecule has 0 aliphatic carbocycles. The third-order valence-corrected chi connectivity index (χ3v) is 4.75. The van der Waals surface area contributed by atoms with E-state index in [4.69, 9.17) is 5.11 Å². The number of aryl methyl sites for hydroxylation is 1. The molecule has 1 unspecified atom stereocenters. The first-order valence-corrected chi connectivity index (χ1v) is 8.61. The number of amides is 2. The van der Waals surface area contributed by atoms with Crippen LogP contribution < -0.4 is 0 Å². The van der Waals surface area contributed by atoms with E-state index in [0.717, 1.165) is 10.0 Å². The van der Waals surface area contributed by atoms with Crippen molar-refractivity contribution in [2.24, 2.45) is 5.92 Å². The van der Waals surface area contributed by atoms with Crippen molar-refractivity contribution in [3.63, 3.8) is 0 Å². The number of piperidine rings is 1. The van der Waals surface area contributed by atoms with Gasteiger partial charge in [0.05, 0.1) is 12.5 Å². The summed E-state index contributed by atoms with van der Waals surface area (Å²) in [5, 5.41) is 9.10. The molecule has 2 amide bonds. The highest BCUT2D eigenvalue weighted by atomic mass is 79.9. The molecule has 0 aromatic heterocycles. The average molecular weight is 397 g/mol. The van der Waals surface area contributed by atoms with Crippen LogP contribution in [0.4, 0.5) is 0 Å². The molecule has 24 heavy (non-hydrogen) atoms. The maximum atomic E-state index is 12.5. The van der Waals surface area contributed by atoms with Gasteiger partial charge in [-0.3, -0.25) is 14.4 Å². The molecule has 0 spiro atoms. The Hall–Kier alpha value is -1.89. The van der Waals surface area contributed by atoms with Crippen LogP contribution in [-0.4, -0.2) is 59.4 Å². The summed E-state index contributed by atoms with van der Waals surface area (Å²) in [6, 6.07) is 5.37. The molecule has 6 nitrogen and oxygen atoms in total. The van der Waals surface area contributed by atoms with Crippen LogP contribution in [0.25, 0.3) is 0 Å². The van der Waals surface area contributed by atoms with Gasteiger partial charge in [0.2, 0.25) is 5.91 Å². The van der Waals surface area contributed by atoms with E-state index in [-0.39, 0.29) is 24.9 Å². The molecule has 7 heteroatoms. The molecule has 130 valence electrons. The van der Waals surface area contributed by atoms with Gasteiger partial charge in [-0.1, -0.05) is 15.9 Å². The first-order valence-electron chi connectivity index (χ1n) is 7.81. The number of rotatable bonds is 4. The Kier molecular flexibility index (Phi) is 5.99. The van der Waals surface area contributed by atoms with Crippen LogP contribution in [0.3, 0.4) is 0 Å². The van der Waals surface area contributed by atoms with Gasteiger partial charge >= 0.3 is 5.97 Å². The van der Waals surface area contributed by atoms with Gasteiger partial charge in [0, 0.05) is 30.2 Å². The van der Waals surface area contributed by atoms with Gasteiger partial charge in [-0.05, 0) is 43.5 Å². The molecule has 1 aliphatic heterocycles. The molecule has 1 heterocycles. The Morgan fingerprint density at radius 2 is 2.08 bits per heavy atom. The first-order chi connectivity index (χ1) is 11.3. The normalized spacial score (nSPS) is 17.5. The second-order valence-electron chi connectivity index (χ2n) is 6.14. The molecule has 2 rings (SSSR count). The molecule has 1 N–H and O–H groups in total. The lowest BCUT2D eigenvalue weighted by atomic mass is 9.98. The number of likely N-dealkylation sites (N-methyl/N-ethyl adjacent to an activating group) is 1. The Morgan fingerprint density at radius 1 is 1.38 bits per heavy atom. The summed E-state index contributed by atoms with van der Waals surface area (Å²) >= 11 is 3.36. The van der Waals surface area contributed by atoms with Crippen molar-refractivity contribution in [1.82, 2.24) is 9.80 Å². The van der Waals surface area contributed by atoms with E-state index >= 15 is 0 Å². The predicted molar refractivity (Wildman–Crippen MR) is 92.8 cm³/mol. The second kappa shape index (κ2) is 7.79. The number of halogens is 1. The number of carboxylic acids is 1. The van der Waals surface area contributed by atoms with Gasteiger partial charge in [0.15, 0.2) is 0 Å². The van der Waals surface area contributed by atoms with Gasteiger partial charge < -0.3 is 14.9 Å². The lowest BCUT2D eigenvalue weighted by molar-refractivity contribution is -0.145. The van der Waals surface area contributed by atoms with E-state index in [1.807, 2.05) is 13.0 Å². The lowest BCUT2D eigenvalue weighted by Crippen LogP contribution is -2.47. The third-order valence-electron chi connectivity index (χ3n) is 4.26. The number of hydrogen-bond acceptors (Lipinski definition) is 3. The second-order valence-corrected chi connectivity index (χ2v) is 7.05. The summed E-state index contributed by atoms with van der Waals surface area (Å²) in [5.41, 5.74) is 1.38. The van der Waals surface area contributed by atoms with Crippen LogP contribution in [0.15, 0.2) is 22.7 Å². The molecule has 0 saturated carbocycles. The largest absolute Gasteiger partial charge is 0.481 e. The topological polar surface area (TPSA) is 77.9 Å². The van der Waals surface area contributed by atoms with Gasteiger partial charge in [-0.15, -0.1) is 0 Å². The fourth-order valence-electron chi connectivity index (χ4n) is 2.85. The van der Waals surface area contributed by atoms with Gasteiger partial charge in [-0.2, -0.15) is 0 Å². The molecule has 1 atom stereocenters. The van der Waals surface area contributed by atoms with E-state index < -0.39 is 11.9 Å². The number of carbonyl (C=O) groups is 3. The Labute approximate surface area is 149 Å². The molecule has 1 saturated heterocycles. The fraction of sp³-hybridized carbons (Fsp3) is 0.471. The fourth-order valence-corrected chi connectivity index (χ4v) is 3.33. The molecule has 1 aromatic rings. The lowest BCUT2D eigenvalue weighted by Gasteiger charge is -2.32. The minimum atomic E-state index is -0.873. The Bertz CT molecular complexity index is 662. The highest BCUT2D eigenvalue weighted by molar-refractivity contribution is 9.10. The summed E-state index contributed by atoms with van der Waals surface area (Å²) in [6.45, 7) is 2.55. The minimum Gasteiger partial charge on any atom is -0.481 e. The zero-order chi connectivity index (χ0) is 17.9. The summed E-state index contributed by atoms with van der Waals surface area (Å²) in [4.78, 5) is 38.9. The van der Waals surface area contributed by atoms with Gasteiger partial charge in [-0.25, -0.2) is 0 Å². The van der Waals surface area contributed by atoms with Gasteiger partial charge in [0.1, 0.15) is 0 Å². The highest BCUT2D eigenvalue weighted by Crippen LogP contribution is 2.19. The maximum absolute atomic E-state index is 12.5. The summed E-state index contributed by atoms with van der Waals surface area (Å²) in [6.07, 6.45) is 1.26. The predicted octanol–water partition coefficient (Wildman–Crippen LogP) is 2.15. The maximum Gasteiger partial charge on any atom is 0.308 e. The van der Waals surface area contributed by atoms with Crippen molar-refractivity contribution in [3.8, 4) is 0 Å². The Balaban J connectivity index is 2.00. The molecule has 0 radical (unpaired) electrons. The van der Waals surface area contributed by atoms with Crippen molar-refractivity contribution in [2.75, 3.05) is 26.7 Å². The van der Waals surface area contributed by atoms with Crippen LogP contribution in [0.2, 0.25) is 0 Å². The first kappa shape index (κ1) is 18.4. The van der Waals surface area contributed by atoms with Crippen LogP contribution in [0, 0.1) is 12.8 Å². The van der Waals surface area contributed by atoms with Crippen molar-refractivity contribution >= 4 is 33.7 Å². The van der Waals surface area contributed by atoms with Crippen molar-refractivity contribution in [2.45, 2.75) is 19.8 Å². The van der Waals surface area contributed by atoms with E-state index in [9.17, 15) is 14.4 Å². The van der Waals surface area contributed by atoms with E-state index in [1.165, 1.54) is 4.90 Å². The summed E-state index contributed by atoms with van der Waals surface area (Å²) < 4.78 is 0.892. The number of carbonyl (C=O) groups excluding carboxylic acids is 2. The van der Waals surface area contributed by atoms with Crippen LogP contribution in [0.5, 0.6) is 0 Å². The van der Waals surface area contributed by atoms with Crippen molar-refractivity contribution in [3.05, 3.63) is 33.8 Å². The van der Waals surface area contributed by atoms with Crippen molar-refractivity contribution in [1.29, 1.82) is 0 Å². The summed E-state index contributed by atoms with van der Waals surface area (Å²) in [5.74, 6) is -1.83. The molecule has 1 aromatic carbocycles. The number of hydrogen-bond donors (Lipinski definition) is 1. The molecular formula is C17H21BrN2O4. The van der Waals surface area contributed by atoms with E-state index in [1.54, 1.807) is 24.1 Å². The summed E-state index contributed by atoms with van der Waals surface area (Å²) in [7, 11) is 1.58. The zero-order valence-electron chi connectivity index (χ0n) is 13.8. The van der Waals surface area contributed by atoms with Gasteiger partial charge in [0.25, 0.3) is 5.91 Å². The Morgan fingerprint density at radius 3 is 2.71 bits per heavy atom. The SMILES string of the molecule is Cc1cc(Br)ccc1C(=O)N(C)CC(=O)N1CCCC(C(=O)O)C1. The molecular weight excluding hydrogens is 376 g/mol. The number of aliphatic carboxylic acids is 1. The van der Waals surface area contributed by atoms with Crippen LogP contribution in [0.1, 0.15) is 28.8 Å². The van der Waals surface area contributed by atoms with E-state index in [0.29, 0.717) is 24.9 Å². The van der Waals surface area contributed by atoms with Crippen LogP contribution in [-0.2, 0) is 9.59 Å². The molecule has 1 aliphatic rings. The minimum absolute atomic E-state index is 0.0549. The third kappa shape index (κ3) is 4.35.